The van der Waals surface area contributed by atoms with E-state index in [1.54, 1.807) is 17.4 Å². The van der Waals surface area contributed by atoms with Gasteiger partial charge in [-0.3, -0.25) is 9.69 Å². The summed E-state index contributed by atoms with van der Waals surface area (Å²) >= 11 is 7.91. The van der Waals surface area contributed by atoms with Gasteiger partial charge in [0.25, 0.3) is 0 Å². The van der Waals surface area contributed by atoms with E-state index in [2.05, 4.69) is 20.4 Å². The van der Waals surface area contributed by atoms with Crippen molar-refractivity contribution in [1.82, 2.24) is 15.1 Å². The topological polar surface area (TPSA) is 58.1 Å². The summed E-state index contributed by atoms with van der Waals surface area (Å²) in [5.41, 5.74) is 1.76. The highest BCUT2D eigenvalue weighted by molar-refractivity contribution is 7.11. The number of halogens is 1. The predicted molar refractivity (Wildman–Crippen MR) is 105 cm³/mol. The Bertz CT molecular complexity index is 797. The van der Waals surface area contributed by atoms with E-state index in [0.29, 0.717) is 23.4 Å². The van der Waals surface area contributed by atoms with E-state index in [-0.39, 0.29) is 5.91 Å². The SMILES string of the molecule is Cc1ccc(NC(=O)CN2CCC(c3nnc(C4CC4)s3)CC2)cc1Cl. The monoisotopic (exact) mass is 390 g/mol. The van der Waals surface area contributed by atoms with Crippen LogP contribution < -0.4 is 5.32 Å². The second-order valence-electron chi connectivity index (χ2n) is 7.32. The van der Waals surface area contributed by atoms with E-state index in [9.17, 15) is 4.79 Å². The molecule has 1 aliphatic heterocycles. The molecule has 1 N–H and O–H groups in total. The molecule has 26 heavy (non-hydrogen) atoms. The lowest BCUT2D eigenvalue weighted by molar-refractivity contribution is -0.117. The van der Waals surface area contributed by atoms with Gasteiger partial charge >= 0.3 is 0 Å². The number of carbonyl (C=O) groups excluding carboxylic acids is 1. The van der Waals surface area contributed by atoms with Gasteiger partial charge in [-0.05, 0) is 63.4 Å². The molecule has 1 saturated carbocycles. The van der Waals surface area contributed by atoms with Crippen molar-refractivity contribution < 1.29 is 4.79 Å². The van der Waals surface area contributed by atoms with E-state index in [0.717, 1.165) is 37.2 Å². The van der Waals surface area contributed by atoms with Crippen LogP contribution >= 0.6 is 22.9 Å². The third-order valence-corrected chi connectivity index (χ3v) is 6.80. The Balaban J connectivity index is 1.26. The summed E-state index contributed by atoms with van der Waals surface area (Å²) in [5.74, 6) is 1.19. The zero-order valence-electron chi connectivity index (χ0n) is 14.9. The Kier molecular flexibility index (Phi) is 5.25. The third kappa shape index (κ3) is 4.24. The molecule has 0 spiro atoms. The molecule has 1 aromatic heterocycles. The number of amides is 1. The van der Waals surface area contributed by atoms with Gasteiger partial charge in [0.15, 0.2) is 0 Å². The van der Waals surface area contributed by atoms with Gasteiger partial charge in [-0.2, -0.15) is 0 Å². The van der Waals surface area contributed by atoms with Crippen LogP contribution in [0.3, 0.4) is 0 Å². The molecule has 138 valence electrons. The van der Waals surface area contributed by atoms with Crippen LogP contribution in [0.5, 0.6) is 0 Å². The molecule has 2 fully saturated rings. The van der Waals surface area contributed by atoms with Crippen LogP contribution in [0.15, 0.2) is 18.2 Å². The van der Waals surface area contributed by atoms with Crippen LogP contribution in [-0.4, -0.2) is 40.6 Å². The zero-order valence-corrected chi connectivity index (χ0v) is 16.4. The maximum Gasteiger partial charge on any atom is 0.238 e. The number of carbonyl (C=O) groups is 1. The number of hydrogen-bond donors (Lipinski definition) is 1. The molecule has 1 aliphatic carbocycles. The van der Waals surface area contributed by atoms with E-state index in [4.69, 9.17) is 11.6 Å². The lowest BCUT2D eigenvalue weighted by atomic mass is 9.98. The van der Waals surface area contributed by atoms with Crippen molar-refractivity contribution in [3.05, 3.63) is 38.8 Å². The average Bonchev–Trinajstić information content (AvgIpc) is 3.36. The Morgan fingerprint density at radius 1 is 1.19 bits per heavy atom. The van der Waals surface area contributed by atoms with Crippen molar-refractivity contribution in [2.45, 2.75) is 44.4 Å². The molecule has 1 saturated heterocycles. The van der Waals surface area contributed by atoms with E-state index >= 15 is 0 Å². The molecule has 4 rings (SSSR count). The zero-order chi connectivity index (χ0) is 18.1. The number of hydrogen-bond acceptors (Lipinski definition) is 5. The smallest absolute Gasteiger partial charge is 0.238 e. The van der Waals surface area contributed by atoms with Crippen molar-refractivity contribution in [2.24, 2.45) is 0 Å². The highest BCUT2D eigenvalue weighted by Gasteiger charge is 2.30. The molecule has 0 radical (unpaired) electrons. The van der Waals surface area contributed by atoms with Crippen LogP contribution in [0.1, 0.15) is 53.1 Å². The summed E-state index contributed by atoms with van der Waals surface area (Å²) in [6, 6.07) is 5.60. The van der Waals surface area contributed by atoms with Gasteiger partial charge in [0.1, 0.15) is 10.0 Å². The molecule has 2 heterocycles. The molecule has 5 nitrogen and oxygen atoms in total. The molecule has 2 aliphatic rings. The van der Waals surface area contributed by atoms with Gasteiger partial charge in [-0.1, -0.05) is 17.7 Å². The summed E-state index contributed by atoms with van der Waals surface area (Å²) in [7, 11) is 0. The first-order valence-corrected chi connectivity index (χ1v) is 10.4. The molecule has 1 amide bonds. The lowest BCUT2D eigenvalue weighted by Crippen LogP contribution is -2.38. The fourth-order valence-corrected chi connectivity index (χ4v) is 4.68. The van der Waals surface area contributed by atoms with Gasteiger partial charge in [0.05, 0.1) is 6.54 Å². The van der Waals surface area contributed by atoms with Crippen molar-refractivity contribution in [3.8, 4) is 0 Å². The Labute approximate surface area is 162 Å². The maximum atomic E-state index is 12.3. The molecule has 0 atom stereocenters. The first kappa shape index (κ1) is 17.9. The number of benzene rings is 1. The maximum absolute atomic E-state index is 12.3. The number of anilines is 1. The number of likely N-dealkylation sites (tertiary alicyclic amines) is 1. The summed E-state index contributed by atoms with van der Waals surface area (Å²) in [6.45, 7) is 4.21. The number of nitrogens with one attached hydrogen (secondary N) is 1. The molecular formula is C19H23ClN4OS. The number of rotatable bonds is 5. The van der Waals surface area contributed by atoms with Crippen molar-refractivity contribution >= 4 is 34.5 Å². The molecule has 2 aromatic rings. The fraction of sp³-hybridized carbons (Fsp3) is 0.526. The number of aryl methyl sites for hydroxylation is 1. The third-order valence-electron chi connectivity index (χ3n) is 5.14. The fourth-order valence-electron chi connectivity index (χ4n) is 3.32. The summed E-state index contributed by atoms with van der Waals surface area (Å²) in [6.07, 6.45) is 4.63. The van der Waals surface area contributed by atoms with Crippen LogP contribution in [0.4, 0.5) is 5.69 Å². The normalized spacial score (nSPS) is 18.8. The van der Waals surface area contributed by atoms with E-state index in [1.165, 1.54) is 22.9 Å². The highest BCUT2D eigenvalue weighted by Crippen LogP contribution is 2.43. The Morgan fingerprint density at radius 3 is 2.46 bits per heavy atom. The number of piperidine rings is 1. The number of aromatic nitrogens is 2. The quantitative estimate of drug-likeness (QED) is 0.831. The molecular weight excluding hydrogens is 368 g/mol. The first-order valence-electron chi connectivity index (χ1n) is 9.20. The van der Waals surface area contributed by atoms with Gasteiger partial charge in [-0.15, -0.1) is 21.5 Å². The average molecular weight is 391 g/mol. The van der Waals surface area contributed by atoms with E-state index in [1.807, 2.05) is 19.1 Å². The van der Waals surface area contributed by atoms with Gasteiger partial charge in [-0.25, -0.2) is 0 Å². The van der Waals surface area contributed by atoms with E-state index < -0.39 is 0 Å². The second kappa shape index (κ2) is 7.62. The van der Waals surface area contributed by atoms with Crippen LogP contribution in [0.25, 0.3) is 0 Å². The molecule has 7 heteroatoms. The van der Waals surface area contributed by atoms with Crippen molar-refractivity contribution in [1.29, 1.82) is 0 Å². The minimum absolute atomic E-state index is 0.00954. The highest BCUT2D eigenvalue weighted by atomic mass is 35.5. The van der Waals surface area contributed by atoms with Crippen LogP contribution in [-0.2, 0) is 4.79 Å². The van der Waals surface area contributed by atoms with Gasteiger partial charge in [0, 0.05) is 22.5 Å². The number of nitrogens with zero attached hydrogens (tertiary/aromatic N) is 3. The van der Waals surface area contributed by atoms with Crippen molar-refractivity contribution in [2.75, 3.05) is 25.0 Å². The minimum Gasteiger partial charge on any atom is -0.325 e. The predicted octanol–water partition coefficient (Wildman–Crippen LogP) is 4.20. The molecule has 0 unspecified atom stereocenters. The Morgan fingerprint density at radius 2 is 1.85 bits per heavy atom. The molecule has 1 aromatic carbocycles. The minimum atomic E-state index is 0.00954. The van der Waals surface area contributed by atoms with Gasteiger partial charge in [0.2, 0.25) is 5.91 Å². The summed E-state index contributed by atoms with van der Waals surface area (Å²) in [4.78, 5) is 14.5. The van der Waals surface area contributed by atoms with Crippen LogP contribution in [0, 0.1) is 6.92 Å². The molecule has 0 bridgehead atoms. The van der Waals surface area contributed by atoms with Gasteiger partial charge < -0.3 is 5.32 Å². The second-order valence-corrected chi connectivity index (χ2v) is 8.76. The largest absolute Gasteiger partial charge is 0.325 e. The standard InChI is InChI=1S/C19H23ClN4OS/c1-12-2-5-15(10-16(12)20)21-17(25)11-24-8-6-14(7-9-24)19-23-22-18(26-19)13-3-4-13/h2,5,10,13-14H,3-4,6-9,11H2,1H3,(H,21,25). The van der Waals surface area contributed by atoms with Crippen molar-refractivity contribution in [3.63, 3.8) is 0 Å². The van der Waals surface area contributed by atoms with Crippen LogP contribution in [0.2, 0.25) is 5.02 Å². The lowest BCUT2D eigenvalue weighted by Gasteiger charge is -2.30. The Hall–Kier alpha value is -1.50. The summed E-state index contributed by atoms with van der Waals surface area (Å²) < 4.78 is 0. The summed E-state index contributed by atoms with van der Waals surface area (Å²) in [5, 5.41) is 14.8. The first-order chi connectivity index (χ1) is 12.6.